The fourth-order valence-electron chi connectivity index (χ4n) is 2.77. The molecule has 2 aromatic rings. The van der Waals surface area contributed by atoms with Crippen molar-refractivity contribution in [2.75, 3.05) is 7.11 Å². The Morgan fingerprint density at radius 1 is 1.24 bits per heavy atom. The Kier molecular flexibility index (Phi) is 4.11. The zero-order valence-electron chi connectivity index (χ0n) is 11.9. The predicted molar refractivity (Wildman–Crippen MR) is 86.7 cm³/mol. The van der Waals surface area contributed by atoms with Crippen LogP contribution in [-0.2, 0) is 11.2 Å². The Hall–Kier alpha value is -1.61. The fourth-order valence-corrected chi connectivity index (χ4v) is 3.36. The van der Waals surface area contributed by atoms with Crippen molar-refractivity contribution in [1.29, 1.82) is 0 Å². The maximum atomic E-state index is 12.4. The molecule has 0 bridgehead atoms. The van der Waals surface area contributed by atoms with E-state index in [2.05, 4.69) is 28.1 Å². The van der Waals surface area contributed by atoms with Crippen LogP contribution in [0.5, 0.6) is 5.75 Å². The lowest BCUT2D eigenvalue weighted by Crippen LogP contribution is -2.06. The first-order valence-electron chi connectivity index (χ1n) is 7.09. The van der Waals surface area contributed by atoms with Gasteiger partial charge in [-0.05, 0) is 51.5 Å². The van der Waals surface area contributed by atoms with Gasteiger partial charge < -0.3 is 4.74 Å². The summed E-state index contributed by atoms with van der Waals surface area (Å²) >= 11 is 3.46. The van der Waals surface area contributed by atoms with E-state index in [1.54, 1.807) is 7.11 Å². The molecule has 1 saturated carbocycles. The van der Waals surface area contributed by atoms with Crippen LogP contribution in [0.2, 0.25) is 0 Å². The Morgan fingerprint density at radius 3 is 2.67 bits per heavy atom. The van der Waals surface area contributed by atoms with Gasteiger partial charge >= 0.3 is 0 Å². The molecule has 108 valence electrons. The first kappa shape index (κ1) is 14.3. The number of ketones is 1. The van der Waals surface area contributed by atoms with E-state index in [0.29, 0.717) is 18.1 Å². The van der Waals surface area contributed by atoms with Crippen LogP contribution in [-0.4, -0.2) is 12.9 Å². The van der Waals surface area contributed by atoms with Gasteiger partial charge in [-0.2, -0.15) is 0 Å². The third-order valence-corrected chi connectivity index (χ3v) is 4.65. The highest BCUT2D eigenvalue weighted by Crippen LogP contribution is 2.48. The maximum absolute atomic E-state index is 12.4. The number of hydrogen-bond acceptors (Lipinski definition) is 2. The molecule has 0 amide bonds. The SMILES string of the molecule is COc1ccc(CC(=O)C2CC2c2ccccc2)cc1Br. The number of halogens is 1. The third-order valence-electron chi connectivity index (χ3n) is 4.03. The minimum Gasteiger partial charge on any atom is -0.496 e. The molecule has 0 saturated heterocycles. The number of benzene rings is 2. The highest BCUT2D eigenvalue weighted by Gasteiger charge is 2.43. The summed E-state index contributed by atoms with van der Waals surface area (Å²) in [5, 5.41) is 0. The second kappa shape index (κ2) is 6.02. The molecule has 0 spiro atoms. The minimum absolute atomic E-state index is 0.188. The molecule has 0 aliphatic heterocycles. The van der Waals surface area contributed by atoms with Gasteiger partial charge in [0.15, 0.2) is 0 Å². The molecule has 0 N–H and O–H groups in total. The van der Waals surface area contributed by atoms with Crippen molar-refractivity contribution >= 4 is 21.7 Å². The number of ether oxygens (including phenoxy) is 1. The summed E-state index contributed by atoms with van der Waals surface area (Å²) in [4.78, 5) is 12.4. The maximum Gasteiger partial charge on any atom is 0.140 e. The van der Waals surface area contributed by atoms with E-state index in [1.807, 2.05) is 36.4 Å². The molecule has 0 heterocycles. The predicted octanol–water partition coefficient (Wildman–Crippen LogP) is 4.37. The number of methoxy groups -OCH3 is 1. The molecule has 1 aliphatic carbocycles. The summed E-state index contributed by atoms with van der Waals surface area (Å²) in [7, 11) is 1.64. The highest BCUT2D eigenvalue weighted by atomic mass is 79.9. The second-order valence-electron chi connectivity index (χ2n) is 5.47. The van der Waals surface area contributed by atoms with E-state index in [-0.39, 0.29) is 5.92 Å². The summed E-state index contributed by atoms with van der Waals surface area (Å²) in [5.74, 6) is 1.73. The zero-order valence-corrected chi connectivity index (χ0v) is 13.5. The average Bonchev–Trinajstić information content (AvgIpc) is 3.29. The molecule has 3 heteroatoms. The van der Waals surface area contributed by atoms with E-state index in [4.69, 9.17) is 4.74 Å². The van der Waals surface area contributed by atoms with Crippen molar-refractivity contribution in [3.8, 4) is 5.75 Å². The highest BCUT2D eigenvalue weighted by molar-refractivity contribution is 9.10. The topological polar surface area (TPSA) is 26.3 Å². The molecule has 2 aromatic carbocycles. The molecular weight excluding hydrogens is 328 g/mol. The summed E-state index contributed by atoms with van der Waals surface area (Å²) in [6.45, 7) is 0. The summed E-state index contributed by atoms with van der Waals surface area (Å²) in [6.07, 6.45) is 1.48. The van der Waals surface area contributed by atoms with Crippen LogP contribution in [0, 0.1) is 5.92 Å². The lowest BCUT2D eigenvalue weighted by Gasteiger charge is -2.06. The summed E-state index contributed by atoms with van der Waals surface area (Å²) in [6, 6.07) is 16.1. The van der Waals surface area contributed by atoms with Gasteiger partial charge in [0.2, 0.25) is 0 Å². The van der Waals surface area contributed by atoms with Crippen LogP contribution < -0.4 is 4.74 Å². The van der Waals surface area contributed by atoms with Crippen LogP contribution in [0.1, 0.15) is 23.5 Å². The van der Waals surface area contributed by atoms with Crippen LogP contribution in [0.4, 0.5) is 0 Å². The largest absolute Gasteiger partial charge is 0.496 e. The number of rotatable bonds is 5. The van der Waals surface area contributed by atoms with E-state index < -0.39 is 0 Å². The van der Waals surface area contributed by atoms with E-state index in [1.165, 1.54) is 5.56 Å². The summed E-state index contributed by atoms with van der Waals surface area (Å²) < 4.78 is 6.10. The van der Waals surface area contributed by atoms with E-state index in [0.717, 1.165) is 22.2 Å². The smallest absolute Gasteiger partial charge is 0.140 e. The van der Waals surface area contributed by atoms with Crippen molar-refractivity contribution in [3.05, 3.63) is 64.1 Å². The summed E-state index contributed by atoms with van der Waals surface area (Å²) in [5.41, 5.74) is 2.32. The van der Waals surface area contributed by atoms with Gasteiger partial charge in [0.25, 0.3) is 0 Å². The normalized spacial score (nSPS) is 20.1. The monoisotopic (exact) mass is 344 g/mol. The van der Waals surface area contributed by atoms with Gasteiger partial charge in [-0.1, -0.05) is 36.4 Å². The van der Waals surface area contributed by atoms with Crippen molar-refractivity contribution in [3.63, 3.8) is 0 Å². The average molecular weight is 345 g/mol. The molecule has 21 heavy (non-hydrogen) atoms. The van der Waals surface area contributed by atoms with Crippen molar-refractivity contribution in [2.24, 2.45) is 5.92 Å². The Bertz CT molecular complexity index is 652. The molecule has 2 nitrogen and oxygen atoms in total. The van der Waals surface area contributed by atoms with E-state index in [9.17, 15) is 4.79 Å². The number of hydrogen-bond donors (Lipinski definition) is 0. The number of Topliss-reactive ketones (excluding diaryl/α,β-unsaturated/α-hetero) is 1. The molecule has 1 fully saturated rings. The van der Waals surface area contributed by atoms with Gasteiger partial charge in [0, 0.05) is 12.3 Å². The molecule has 3 rings (SSSR count). The van der Waals surface area contributed by atoms with Crippen LogP contribution in [0.25, 0.3) is 0 Å². The van der Waals surface area contributed by atoms with Gasteiger partial charge in [0.1, 0.15) is 11.5 Å². The van der Waals surface area contributed by atoms with Gasteiger partial charge in [-0.3, -0.25) is 4.79 Å². The first-order chi connectivity index (χ1) is 10.2. The van der Waals surface area contributed by atoms with Crippen molar-refractivity contribution in [1.82, 2.24) is 0 Å². The molecule has 2 unspecified atom stereocenters. The third kappa shape index (κ3) is 3.18. The lowest BCUT2D eigenvalue weighted by molar-refractivity contribution is -0.119. The first-order valence-corrected chi connectivity index (χ1v) is 7.88. The molecular formula is C18H17BrO2. The van der Waals surface area contributed by atoms with Crippen LogP contribution in [0.3, 0.4) is 0 Å². The Labute approximate surface area is 133 Å². The lowest BCUT2D eigenvalue weighted by atomic mass is 10.0. The molecule has 0 radical (unpaired) electrons. The molecule has 1 aliphatic rings. The fraction of sp³-hybridized carbons (Fsp3) is 0.278. The van der Waals surface area contributed by atoms with Crippen LogP contribution in [0.15, 0.2) is 53.0 Å². The quantitative estimate of drug-likeness (QED) is 0.804. The minimum atomic E-state index is 0.188. The standard InChI is InChI=1S/C18H17BrO2/c1-21-18-8-7-12(9-16(18)19)10-17(20)15-11-14(15)13-5-3-2-4-6-13/h2-9,14-15H,10-11H2,1H3. The Morgan fingerprint density at radius 2 is 2.00 bits per heavy atom. The molecule has 2 atom stereocenters. The number of carbonyl (C=O) groups excluding carboxylic acids is 1. The van der Waals surface area contributed by atoms with Gasteiger partial charge in [-0.25, -0.2) is 0 Å². The van der Waals surface area contributed by atoms with Crippen molar-refractivity contribution < 1.29 is 9.53 Å². The van der Waals surface area contributed by atoms with Crippen molar-refractivity contribution in [2.45, 2.75) is 18.8 Å². The van der Waals surface area contributed by atoms with Gasteiger partial charge in [-0.15, -0.1) is 0 Å². The molecule has 0 aromatic heterocycles. The zero-order chi connectivity index (χ0) is 14.8. The Balaban J connectivity index is 1.64. The van der Waals surface area contributed by atoms with Crippen LogP contribution >= 0.6 is 15.9 Å². The van der Waals surface area contributed by atoms with Gasteiger partial charge in [0.05, 0.1) is 11.6 Å². The number of carbonyl (C=O) groups is 1. The van der Waals surface area contributed by atoms with E-state index >= 15 is 0 Å². The second-order valence-corrected chi connectivity index (χ2v) is 6.33.